The normalized spacial score (nSPS) is 18.0. The van der Waals surface area contributed by atoms with Crippen LogP contribution in [-0.2, 0) is 22.4 Å². The fraction of sp³-hybridized carbons (Fsp3) is 0.346. The number of piperidine rings is 1. The summed E-state index contributed by atoms with van der Waals surface area (Å²) in [6.45, 7) is 0.0970. The molecule has 2 aliphatic rings. The number of pyridine rings is 1. The lowest BCUT2D eigenvalue weighted by molar-refractivity contribution is -0.139. The highest BCUT2D eigenvalue weighted by Gasteiger charge is 2.33. The van der Waals surface area contributed by atoms with Crippen molar-refractivity contribution in [2.45, 2.75) is 44.0 Å². The number of carbonyl (C=O) groups is 1. The molecule has 2 aliphatic heterocycles. The van der Waals surface area contributed by atoms with E-state index in [2.05, 4.69) is 5.16 Å². The fourth-order valence-electron chi connectivity index (χ4n) is 4.65. The molecule has 1 aromatic carbocycles. The lowest BCUT2D eigenvalue weighted by Gasteiger charge is -2.31. The SMILES string of the molecule is N#Cc1cc(C(F)(F)F)cn(CC(=O)N2CCC(c3nc(C4=NOC(c5ccccc5F)C4)cs3)CC2)c1=O. The third-order valence-corrected chi connectivity index (χ3v) is 7.78. The summed E-state index contributed by atoms with van der Waals surface area (Å²) < 4.78 is 54.3. The number of thiazole rings is 1. The molecule has 8 nitrogen and oxygen atoms in total. The van der Waals surface area contributed by atoms with Gasteiger partial charge in [0, 0.05) is 42.6 Å². The van der Waals surface area contributed by atoms with Crippen molar-refractivity contribution in [2.75, 3.05) is 13.1 Å². The van der Waals surface area contributed by atoms with Crippen molar-refractivity contribution in [1.82, 2.24) is 14.5 Å². The monoisotopic (exact) mass is 559 g/mol. The molecule has 1 amide bonds. The van der Waals surface area contributed by atoms with Gasteiger partial charge < -0.3 is 14.3 Å². The van der Waals surface area contributed by atoms with Gasteiger partial charge in [0.2, 0.25) is 5.91 Å². The van der Waals surface area contributed by atoms with Crippen molar-refractivity contribution >= 4 is 23.0 Å². The number of halogens is 4. The van der Waals surface area contributed by atoms with Crippen LogP contribution in [0.4, 0.5) is 17.6 Å². The predicted octanol–water partition coefficient (Wildman–Crippen LogP) is 4.61. The van der Waals surface area contributed by atoms with Gasteiger partial charge in [-0.05, 0) is 25.0 Å². The van der Waals surface area contributed by atoms with Crippen LogP contribution in [0.1, 0.15) is 58.7 Å². The van der Waals surface area contributed by atoms with E-state index in [4.69, 9.17) is 15.1 Å². The molecule has 5 rings (SSSR count). The minimum absolute atomic E-state index is 0.0690. The van der Waals surface area contributed by atoms with Crippen LogP contribution < -0.4 is 5.56 Å². The molecule has 4 heterocycles. The molecule has 2 aromatic heterocycles. The summed E-state index contributed by atoms with van der Waals surface area (Å²) in [5.74, 6) is -0.794. The lowest BCUT2D eigenvalue weighted by Crippen LogP contribution is -2.41. The van der Waals surface area contributed by atoms with Crippen molar-refractivity contribution in [3.63, 3.8) is 0 Å². The van der Waals surface area contributed by atoms with E-state index in [-0.39, 0.29) is 11.7 Å². The van der Waals surface area contributed by atoms with E-state index >= 15 is 0 Å². The first kappa shape index (κ1) is 26.6. The van der Waals surface area contributed by atoms with Crippen LogP contribution in [0, 0.1) is 17.1 Å². The van der Waals surface area contributed by atoms with E-state index in [1.165, 1.54) is 28.4 Å². The number of hydrogen-bond acceptors (Lipinski definition) is 7. The molecule has 0 aliphatic carbocycles. The number of amides is 1. The van der Waals surface area contributed by atoms with Gasteiger partial charge in [-0.3, -0.25) is 9.59 Å². The molecule has 3 aromatic rings. The van der Waals surface area contributed by atoms with Crippen LogP contribution >= 0.6 is 11.3 Å². The number of rotatable bonds is 5. The molecule has 1 saturated heterocycles. The third-order valence-electron chi connectivity index (χ3n) is 6.77. The second-order valence-corrected chi connectivity index (χ2v) is 10.2. The third kappa shape index (κ3) is 5.56. The molecule has 1 unspecified atom stereocenters. The average Bonchev–Trinajstić information content (AvgIpc) is 3.60. The van der Waals surface area contributed by atoms with Gasteiger partial charge in [0.05, 0.1) is 16.3 Å². The van der Waals surface area contributed by atoms with E-state index in [1.807, 2.05) is 5.38 Å². The van der Waals surface area contributed by atoms with Gasteiger partial charge in [0.25, 0.3) is 5.56 Å². The van der Waals surface area contributed by atoms with E-state index in [0.717, 1.165) is 5.01 Å². The highest BCUT2D eigenvalue weighted by molar-refractivity contribution is 7.10. The molecule has 202 valence electrons. The predicted molar refractivity (Wildman–Crippen MR) is 132 cm³/mol. The summed E-state index contributed by atoms with van der Waals surface area (Å²) in [6, 6.07) is 8.32. The number of alkyl halides is 3. The Morgan fingerprint density at radius 3 is 2.67 bits per heavy atom. The molecular formula is C26H21F4N5O3S. The highest BCUT2D eigenvalue weighted by Crippen LogP contribution is 2.34. The van der Waals surface area contributed by atoms with Crippen LogP contribution in [0.5, 0.6) is 0 Å². The van der Waals surface area contributed by atoms with Gasteiger partial charge in [-0.2, -0.15) is 18.4 Å². The molecule has 0 bridgehead atoms. The zero-order chi connectivity index (χ0) is 27.7. The molecule has 0 spiro atoms. The Labute approximate surface area is 223 Å². The summed E-state index contributed by atoms with van der Waals surface area (Å²) in [6.07, 6.45) is -3.16. The molecule has 13 heteroatoms. The van der Waals surface area contributed by atoms with Gasteiger partial charge in [-0.25, -0.2) is 9.37 Å². The number of nitrogens with zero attached hydrogens (tertiary/aromatic N) is 5. The molecule has 1 fully saturated rings. The van der Waals surface area contributed by atoms with E-state index < -0.39 is 41.4 Å². The first-order valence-corrected chi connectivity index (χ1v) is 12.9. The standard InChI is InChI=1S/C26H21F4N5O3S/c27-19-4-2-1-3-18(19)22-10-20(33-38-22)21-14-39-24(32-21)15-5-7-34(8-6-15)23(36)13-35-12-17(26(28,29)30)9-16(11-31)25(35)37/h1-4,9,12,14-15,22H,5-8,10,13H2. The minimum atomic E-state index is -4.76. The maximum Gasteiger partial charge on any atom is 0.417 e. The molecule has 1 atom stereocenters. The van der Waals surface area contributed by atoms with E-state index in [1.54, 1.807) is 18.2 Å². The molecule has 0 saturated carbocycles. The Kier molecular flexibility index (Phi) is 7.22. The summed E-state index contributed by atoms with van der Waals surface area (Å²) >= 11 is 1.46. The van der Waals surface area contributed by atoms with Crippen LogP contribution in [0.25, 0.3) is 0 Å². The number of benzene rings is 1. The van der Waals surface area contributed by atoms with Crippen molar-refractivity contribution in [2.24, 2.45) is 5.16 Å². The molecule has 0 N–H and O–H groups in total. The first-order chi connectivity index (χ1) is 18.6. The Balaban J connectivity index is 1.20. The van der Waals surface area contributed by atoms with Crippen molar-refractivity contribution in [1.29, 1.82) is 5.26 Å². The van der Waals surface area contributed by atoms with Crippen LogP contribution in [-0.4, -0.2) is 39.2 Å². The Bertz CT molecular complexity index is 1530. The highest BCUT2D eigenvalue weighted by atomic mass is 32.1. The van der Waals surface area contributed by atoms with E-state index in [0.29, 0.717) is 66.2 Å². The Morgan fingerprint density at radius 2 is 1.97 bits per heavy atom. The fourth-order valence-corrected chi connectivity index (χ4v) is 5.65. The number of likely N-dealkylation sites (tertiary alicyclic amines) is 1. The number of nitriles is 1. The largest absolute Gasteiger partial charge is 0.417 e. The topological polar surface area (TPSA) is 101 Å². The summed E-state index contributed by atoms with van der Waals surface area (Å²) in [4.78, 5) is 36.8. The van der Waals surface area contributed by atoms with Gasteiger partial charge >= 0.3 is 6.18 Å². The first-order valence-electron chi connectivity index (χ1n) is 12.1. The second kappa shape index (κ2) is 10.6. The number of hydrogen-bond donors (Lipinski definition) is 0. The molecule has 39 heavy (non-hydrogen) atoms. The van der Waals surface area contributed by atoms with Gasteiger partial charge in [0.15, 0.2) is 6.10 Å². The van der Waals surface area contributed by atoms with E-state index in [9.17, 15) is 27.2 Å². The van der Waals surface area contributed by atoms with Crippen molar-refractivity contribution in [3.05, 3.63) is 85.5 Å². The second-order valence-electron chi connectivity index (χ2n) is 9.27. The lowest BCUT2D eigenvalue weighted by atomic mass is 9.97. The summed E-state index contributed by atoms with van der Waals surface area (Å²) in [5.41, 5.74) is -1.07. The number of oxime groups is 1. The summed E-state index contributed by atoms with van der Waals surface area (Å²) in [7, 11) is 0. The van der Waals surface area contributed by atoms with Crippen LogP contribution in [0.15, 0.2) is 51.9 Å². The van der Waals surface area contributed by atoms with Gasteiger partial charge in [0.1, 0.15) is 29.7 Å². The number of aromatic nitrogens is 2. The Morgan fingerprint density at radius 1 is 1.23 bits per heavy atom. The van der Waals surface area contributed by atoms with Gasteiger partial charge in [-0.1, -0.05) is 23.4 Å². The summed E-state index contributed by atoms with van der Waals surface area (Å²) in [5, 5.41) is 15.9. The van der Waals surface area contributed by atoms with Gasteiger partial charge in [-0.15, -0.1) is 11.3 Å². The quantitative estimate of drug-likeness (QED) is 0.425. The number of carbonyl (C=O) groups excluding carboxylic acids is 1. The van der Waals surface area contributed by atoms with Crippen molar-refractivity contribution < 1.29 is 27.2 Å². The zero-order valence-corrected chi connectivity index (χ0v) is 21.1. The maximum absolute atomic E-state index is 14.1. The molecular weight excluding hydrogens is 538 g/mol. The maximum atomic E-state index is 14.1. The van der Waals surface area contributed by atoms with Crippen molar-refractivity contribution in [3.8, 4) is 6.07 Å². The Hall–Kier alpha value is -4.05. The van der Waals surface area contributed by atoms with Crippen LogP contribution in [0.3, 0.4) is 0 Å². The zero-order valence-electron chi connectivity index (χ0n) is 20.3. The minimum Gasteiger partial charge on any atom is -0.387 e. The average molecular weight is 560 g/mol. The van der Waals surface area contributed by atoms with Crippen LogP contribution in [0.2, 0.25) is 0 Å². The molecule has 0 radical (unpaired) electrons. The smallest absolute Gasteiger partial charge is 0.387 e.